The standard InChI is InChI=1S/C53H76N12O14/c1-2-44(67)55-18-19-58-53(77)61-52(54)57-17-7-12-43(50(75)59-33-38-13-15-41(66)16-14-38)60-51(76)49(39-8-4-3-5-9-39)40-10-6-11-42(32-40)79-31-30-78-29-20-56-45(68)34-62-21-23-63(35-46(69)70)25-27-65(37-48(73)74)28-26-64(24-22-62)36-47(71)72/h3-6,8-11,13-16,32,43,49,66H,2,7,12,17-31,33-37H2,1H3,(H,55,67)(H,56,68)(H,59,75)(H,60,76)(H,69,70)(H,71,72)(H,73,74)(H4,54,57,58,61,77)/t43-,49+/m1/s1. The first-order valence-electron chi connectivity index (χ1n) is 26.1. The third-order valence-corrected chi connectivity index (χ3v) is 12.3. The Hall–Kier alpha value is -7.91. The largest absolute Gasteiger partial charge is 0.508 e. The highest BCUT2D eigenvalue weighted by Gasteiger charge is 2.29. The van der Waals surface area contributed by atoms with Crippen LogP contribution < -0.4 is 42.4 Å². The molecule has 12 N–H and O–H groups in total. The number of aromatic hydroxyl groups is 1. The summed E-state index contributed by atoms with van der Waals surface area (Å²) < 4.78 is 11.8. The minimum absolute atomic E-state index is 0.0421. The Morgan fingerprint density at radius 2 is 1.15 bits per heavy atom. The number of carboxylic acid groups (broad SMARTS) is 3. The van der Waals surface area contributed by atoms with Gasteiger partial charge >= 0.3 is 23.9 Å². The fraction of sp³-hybridized carbons (Fsp3) is 0.491. The van der Waals surface area contributed by atoms with Gasteiger partial charge in [0.05, 0.1) is 45.3 Å². The highest BCUT2D eigenvalue weighted by atomic mass is 16.5. The monoisotopic (exact) mass is 1100 g/mol. The quantitative estimate of drug-likeness (QED) is 0.0222. The maximum atomic E-state index is 14.4. The molecule has 0 spiro atoms. The molecule has 0 unspecified atom stereocenters. The molecule has 26 heteroatoms. The van der Waals surface area contributed by atoms with Crippen molar-refractivity contribution in [3.8, 4) is 11.5 Å². The van der Waals surface area contributed by atoms with E-state index in [4.69, 9.17) is 15.2 Å². The Balaban J connectivity index is 1.32. The van der Waals surface area contributed by atoms with Crippen molar-refractivity contribution in [2.75, 3.05) is 125 Å². The Morgan fingerprint density at radius 1 is 0.595 bits per heavy atom. The lowest BCUT2D eigenvalue weighted by Crippen LogP contribution is -2.50. The lowest BCUT2D eigenvalue weighted by molar-refractivity contribution is -0.140. The van der Waals surface area contributed by atoms with Gasteiger partial charge in [-0.3, -0.25) is 53.2 Å². The van der Waals surface area contributed by atoms with E-state index in [-0.39, 0.29) is 148 Å². The van der Waals surface area contributed by atoms with Gasteiger partial charge in [-0.1, -0.05) is 61.5 Å². The number of aliphatic carboxylic acids is 3. The van der Waals surface area contributed by atoms with Crippen LogP contribution in [0.15, 0.2) is 83.9 Å². The van der Waals surface area contributed by atoms with Crippen molar-refractivity contribution in [3.63, 3.8) is 0 Å². The minimum Gasteiger partial charge on any atom is -0.508 e. The summed E-state index contributed by atoms with van der Waals surface area (Å²) in [6, 6.07) is 20.6. The number of phenols is 1. The SMILES string of the molecule is CCC(=O)NCCNC(=O)/N=C(/N)NCCC[C@@H](NC(=O)[C@@H](c1ccccc1)c1cccc(OCCOCCNC(=O)CN2CCN(CC(=O)O)CCN(CC(=O)O)CCN(CC(=O)O)CC2)c1)C(=O)NCc1ccc(O)cc1. The zero-order valence-electron chi connectivity index (χ0n) is 44.6. The molecule has 79 heavy (non-hydrogen) atoms. The van der Waals surface area contributed by atoms with Crippen LogP contribution in [0.1, 0.15) is 48.8 Å². The average molecular weight is 1110 g/mol. The number of hydrogen-bond acceptors (Lipinski definition) is 15. The van der Waals surface area contributed by atoms with Crippen LogP contribution in [0.4, 0.5) is 4.79 Å². The summed E-state index contributed by atoms with van der Waals surface area (Å²) in [6.07, 6.45) is 0.793. The van der Waals surface area contributed by atoms with Crippen LogP contribution >= 0.6 is 0 Å². The average Bonchev–Trinajstić information content (AvgIpc) is 3.45. The summed E-state index contributed by atoms with van der Waals surface area (Å²) in [5.74, 6) is -5.06. The molecule has 0 saturated carbocycles. The van der Waals surface area contributed by atoms with Gasteiger partial charge in [-0.15, -0.1) is 0 Å². The first-order chi connectivity index (χ1) is 38.0. The number of carboxylic acids is 3. The number of carbonyl (C=O) groups excluding carboxylic acids is 5. The van der Waals surface area contributed by atoms with Gasteiger partial charge in [0.2, 0.25) is 23.6 Å². The zero-order chi connectivity index (χ0) is 57.4. The van der Waals surface area contributed by atoms with Gasteiger partial charge in [0.25, 0.3) is 0 Å². The van der Waals surface area contributed by atoms with Crippen molar-refractivity contribution in [1.29, 1.82) is 0 Å². The maximum Gasteiger partial charge on any atom is 0.344 e. The molecule has 26 nitrogen and oxygen atoms in total. The topological polar surface area (TPSA) is 359 Å². The van der Waals surface area contributed by atoms with Crippen molar-refractivity contribution >= 4 is 53.5 Å². The number of rotatable bonds is 30. The van der Waals surface area contributed by atoms with Gasteiger partial charge in [0.15, 0.2) is 5.96 Å². The van der Waals surface area contributed by atoms with E-state index in [0.29, 0.717) is 42.8 Å². The molecule has 1 heterocycles. The molecule has 1 aliphatic heterocycles. The third-order valence-electron chi connectivity index (χ3n) is 12.3. The van der Waals surface area contributed by atoms with E-state index in [0.717, 1.165) is 5.56 Å². The molecule has 3 aromatic carbocycles. The summed E-state index contributed by atoms with van der Waals surface area (Å²) in [4.78, 5) is 110. The van der Waals surface area contributed by atoms with Crippen molar-refractivity contribution in [2.24, 2.45) is 10.7 Å². The van der Waals surface area contributed by atoms with Crippen LogP contribution in [0, 0.1) is 0 Å². The molecule has 1 fully saturated rings. The summed E-state index contributed by atoms with van der Waals surface area (Å²) in [5.41, 5.74) is 7.88. The van der Waals surface area contributed by atoms with Crippen molar-refractivity contribution in [2.45, 2.75) is 44.7 Å². The predicted molar refractivity (Wildman–Crippen MR) is 290 cm³/mol. The van der Waals surface area contributed by atoms with Gasteiger partial charge in [0, 0.05) is 91.5 Å². The van der Waals surface area contributed by atoms with Gasteiger partial charge in [-0.25, -0.2) is 4.79 Å². The number of guanidine groups is 1. The van der Waals surface area contributed by atoms with Crippen LogP contribution in [0.5, 0.6) is 11.5 Å². The third kappa shape index (κ3) is 26.3. The van der Waals surface area contributed by atoms with E-state index >= 15 is 0 Å². The van der Waals surface area contributed by atoms with Gasteiger partial charge in [0.1, 0.15) is 24.1 Å². The number of nitrogens with two attached hydrogens (primary N) is 1. The molecule has 0 bridgehead atoms. The van der Waals surface area contributed by atoms with Crippen LogP contribution in [-0.4, -0.2) is 224 Å². The first-order valence-corrected chi connectivity index (χ1v) is 26.1. The molecule has 1 aliphatic rings. The molecular formula is C53H76N12O14. The molecular weight excluding hydrogens is 1030 g/mol. The van der Waals surface area contributed by atoms with Crippen LogP contribution in [0.25, 0.3) is 0 Å². The second-order valence-corrected chi connectivity index (χ2v) is 18.5. The Labute approximate surface area is 459 Å². The maximum absolute atomic E-state index is 14.4. The summed E-state index contributed by atoms with van der Waals surface area (Å²) in [6.45, 7) is 4.32. The van der Waals surface area contributed by atoms with Gasteiger partial charge < -0.3 is 67.5 Å². The molecule has 0 radical (unpaired) electrons. The fourth-order valence-electron chi connectivity index (χ4n) is 8.21. The van der Waals surface area contributed by atoms with E-state index in [2.05, 4.69) is 36.9 Å². The van der Waals surface area contributed by atoms with Crippen molar-refractivity contribution < 1.29 is 68.3 Å². The molecule has 0 aliphatic carbocycles. The predicted octanol–water partition coefficient (Wildman–Crippen LogP) is -0.767. The highest BCUT2D eigenvalue weighted by Crippen LogP contribution is 2.28. The number of benzene rings is 3. The van der Waals surface area contributed by atoms with Crippen LogP contribution in [0.3, 0.4) is 0 Å². The van der Waals surface area contributed by atoms with Crippen LogP contribution in [-0.2, 0) is 44.8 Å². The summed E-state index contributed by atoms with van der Waals surface area (Å²) >= 11 is 0. The molecule has 1 saturated heterocycles. The number of phenolic OH excluding ortho intramolecular Hbond substituents is 1. The Bertz CT molecular complexity index is 2420. The molecule has 2 atom stereocenters. The summed E-state index contributed by atoms with van der Waals surface area (Å²) in [7, 11) is 0. The molecule has 6 amide bonds. The second kappa shape index (κ2) is 35.5. The zero-order valence-corrected chi connectivity index (χ0v) is 44.6. The van der Waals surface area contributed by atoms with E-state index in [1.54, 1.807) is 82.3 Å². The van der Waals surface area contributed by atoms with Crippen molar-refractivity contribution in [1.82, 2.24) is 51.5 Å². The van der Waals surface area contributed by atoms with E-state index in [1.165, 1.54) is 12.1 Å². The smallest absolute Gasteiger partial charge is 0.344 e. The lowest BCUT2D eigenvalue weighted by atomic mass is 9.90. The van der Waals surface area contributed by atoms with E-state index in [9.17, 15) is 58.8 Å². The fourth-order valence-corrected chi connectivity index (χ4v) is 8.21. The number of carbonyl (C=O) groups is 8. The molecule has 432 valence electrons. The highest BCUT2D eigenvalue weighted by molar-refractivity contribution is 5.93. The van der Waals surface area contributed by atoms with E-state index < -0.39 is 47.7 Å². The number of nitrogens with one attached hydrogen (secondary N) is 6. The number of hydrogen-bond donors (Lipinski definition) is 11. The second-order valence-electron chi connectivity index (χ2n) is 18.5. The lowest BCUT2D eigenvalue weighted by Gasteiger charge is -2.32. The first kappa shape index (κ1) is 63.6. The van der Waals surface area contributed by atoms with Crippen LogP contribution in [0.2, 0.25) is 0 Å². The Morgan fingerprint density at radius 3 is 1.73 bits per heavy atom. The van der Waals surface area contributed by atoms with Crippen molar-refractivity contribution in [3.05, 3.63) is 95.6 Å². The summed E-state index contributed by atoms with van der Waals surface area (Å²) in [5, 5.41) is 54.8. The molecule has 4 rings (SSSR count). The normalized spacial score (nSPS) is 15.0. The molecule has 0 aromatic heterocycles. The number of urea groups is 1. The number of aliphatic imine (C=N–C) groups is 1. The Kier molecular flexibility index (Phi) is 28.6. The number of ether oxygens (including phenoxy) is 2. The number of nitrogens with zero attached hydrogens (tertiary/aromatic N) is 5. The molecule has 3 aromatic rings. The van der Waals surface area contributed by atoms with E-state index in [1.807, 2.05) is 11.0 Å². The number of amides is 6. The van der Waals surface area contributed by atoms with Gasteiger partial charge in [-0.05, 0) is 53.8 Å². The van der Waals surface area contributed by atoms with Gasteiger partial charge in [-0.2, -0.15) is 4.99 Å². The minimum atomic E-state index is -1.05.